The Morgan fingerprint density at radius 2 is 2.05 bits per heavy atom. The number of aromatic nitrogens is 2. The summed E-state index contributed by atoms with van der Waals surface area (Å²) in [4.78, 5) is 4.49. The van der Waals surface area contributed by atoms with Crippen molar-refractivity contribution in [2.45, 2.75) is 70.9 Å². The molecule has 0 amide bonds. The highest BCUT2D eigenvalue weighted by molar-refractivity contribution is 5.01. The van der Waals surface area contributed by atoms with Crippen LogP contribution in [-0.4, -0.2) is 23.3 Å². The zero-order valence-electron chi connectivity index (χ0n) is 12.8. The van der Waals surface area contributed by atoms with Crippen LogP contribution in [0.2, 0.25) is 0 Å². The van der Waals surface area contributed by atoms with E-state index in [9.17, 15) is 0 Å². The van der Waals surface area contributed by atoms with E-state index in [1.165, 1.54) is 0 Å². The standard InChI is InChI=1S/C14H27N3O2/c1-6-14(4,18-5)13-16-12(19-17-13)10(2)8-7-9-11(3)15/h10-11H,6-9,15H2,1-5H3. The predicted octanol–water partition coefficient (Wildman–Crippen LogP) is 2.96. The van der Waals surface area contributed by atoms with Crippen molar-refractivity contribution in [2.24, 2.45) is 5.73 Å². The molecule has 5 heteroatoms. The van der Waals surface area contributed by atoms with Crippen LogP contribution >= 0.6 is 0 Å². The largest absolute Gasteiger partial charge is 0.370 e. The summed E-state index contributed by atoms with van der Waals surface area (Å²) in [5.74, 6) is 1.58. The summed E-state index contributed by atoms with van der Waals surface area (Å²) < 4.78 is 10.8. The third kappa shape index (κ3) is 4.28. The molecule has 110 valence electrons. The van der Waals surface area contributed by atoms with Crippen LogP contribution in [0.4, 0.5) is 0 Å². The molecule has 0 saturated heterocycles. The molecule has 0 aromatic carbocycles. The number of hydrogen-bond donors (Lipinski definition) is 1. The van der Waals surface area contributed by atoms with Crippen molar-refractivity contribution in [1.29, 1.82) is 0 Å². The van der Waals surface area contributed by atoms with Crippen LogP contribution in [0.1, 0.15) is 71.0 Å². The number of nitrogens with zero attached hydrogens (tertiary/aromatic N) is 2. The molecule has 0 aliphatic rings. The zero-order chi connectivity index (χ0) is 14.5. The third-order valence-corrected chi connectivity index (χ3v) is 3.76. The van der Waals surface area contributed by atoms with Gasteiger partial charge in [-0.1, -0.05) is 25.4 Å². The summed E-state index contributed by atoms with van der Waals surface area (Å²) in [7, 11) is 1.67. The second-order valence-corrected chi connectivity index (χ2v) is 5.55. The lowest BCUT2D eigenvalue weighted by atomic mass is 10.0. The fourth-order valence-corrected chi connectivity index (χ4v) is 1.91. The molecule has 2 N–H and O–H groups in total. The van der Waals surface area contributed by atoms with E-state index >= 15 is 0 Å². The van der Waals surface area contributed by atoms with Gasteiger partial charge in [-0.05, 0) is 33.1 Å². The van der Waals surface area contributed by atoms with Crippen molar-refractivity contribution in [3.05, 3.63) is 11.7 Å². The van der Waals surface area contributed by atoms with Crippen molar-refractivity contribution in [2.75, 3.05) is 7.11 Å². The maximum atomic E-state index is 5.75. The molecule has 0 radical (unpaired) electrons. The van der Waals surface area contributed by atoms with E-state index < -0.39 is 5.60 Å². The number of ether oxygens (including phenoxy) is 1. The molecular weight excluding hydrogens is 242 g/mol. The molecule has 0 aliphatic carbocycles. The zero-order valence-corrected chi connectivity index (χ0v) is 12.8. The predicted molar refractivity (Wildman–Crippen MR) is 74.9 cm³/mol. The van der Waals surface area contributed by atoms with Crippen molar-refractivity contribution >= 4 is 0 Å². The van der Waals surface area contributed by atoms with Gasteiger partial charge in [-0.15, -0.1) is 0 Å². The number of rotatable bonds is 8. The lowest BCUT2D eigenvalue weighted by Gasteiger charge is -2.21. The fourth-order valence-electron chi connectivity index (χ4n) is 1.91. The minimum absolute atomic E-state index is 0.252. The Balaban J connectivity index is 2.63. The fraction of sp³-hybridized carbons (Fsp3) is 0.857. The first kappa shape index (κ1) is 16.1. The van der Waals surface area contributed by atoms with Gasteiger partial charge in [-0.3, -0.25) is 0 Å². The van der Waals surface area contributed by atoms with Crippen molar-refractivity contribution in [1.82, 2.24) is 10.1 Å². The Kier molecular flexibility index (Phi) is 5.94. The van der Waals surface area contributed by atoms with Gasteiger partial charge in [0.25, 0.3) is 0 Å². The Morgan fingerprint density at radius 3 is 2.58 bits per heavy atom. The minimum atomic E-state index is -0.465. The molecular formula is C14H27N3O2. The van der Waals surface area contributed by atoms with Gasteiger partial charge in [0.2, 0.25) is 11.7 Å². The highest BCUT2D eigenvalue weighted by Gasteiger charge is 2.30. The average molecular weight is 269 g/mol. The Bertz CT molecular complexity index is 373. The molecule has 0 fully saturated rings. The molecule has 1 aromatic rings. The maximum absolute atomic E-state index is 5.75. The van der Waals surface area contributed by atoms with Gasteiger partial charge in [0.15, 0.2) is 0 Å². The van der Waals surface area contributed by atoms with E-state index in [4.69, 9.17) is 15.0 Å². The highest BCUT2D eigenvalue weighted by atomic mass is 16.5. The molecule has 1 rings (SSSR count). The molecule has 5 nitrogen and oxygen atoms in total. The summed E-state index contributed by atoms with van der Waals surface area (Å²) in [6.45, 7) is 8.16. The normalized spacial score (nSPS) is 18.0. The smallest absolute Gasteiger partial charge is 0.229 e. The number of hydrogen-bond acceptors (Lipinski definition) is 5. The summed E-state index contributed by atoms with van der Waals surface area (Å²) in [6.07, 6.45) is 3.92. The third-order valence-electron chi connectivity index (χ3n) is 3.76. The lowest BCUT2D eigenvalue weighted by molar-refractivity contribution is -0.0106. The van der Waals surface area contributed by atoms with E-state index in [2.05, 4.69) is 17.1 Å². The first-order chi connectivity index (χ1) is 8.92. The molecule has 0 spiro atoms. The maximum Gasteiger partial charge on any atom is 0.229 e. The number of nitrogens with two attached hydrogens (primary N) is 1. The first-order valence-electron chi connectivity index (χ1n) is 7.07. The topological polar surface area (TPSA) is 74.2 Å². The molecule has 19 heavy (non-hydrogen) atoms. The van der Waals surface area contributed by atoms with Gasteiger partial charge in [-0.2, -0.15) is 4.98 Å². The molecule has 0 saturated carbocycles. The molecule has 3 unspecified atom stereocenters. The molecule has 3 atom stereocenters. The van der Waals surface area contributed by atoms with Crippen LogP contribution in [0.25, 0.3) is 0 Å². The summed E-state index contributed by atoms with van der Waals surface area (Å²) in [5.41, 5.74) is 5.28. The van der Waals surface area contributed by atoms with Gasteiger partial charge in [0.05, 0.1) is 0 Å². The van der Waals surface area contributed by atoms with Gasteiger partial charge < -0.3 is 15.0 Å². The first-order valence-corrected chi connectivity index (χ1v) is 7.07. The lowest BCUT2D eigenvalue weighted by Crippen LogP contribution is -2.24. The molecule has 0 bridgehead atoms. The minimum Gasteiger partial charge on any atom is -0.370 e. The Morgan fingerprint density at radius 1 is 1.37 bits per heavy atom. The van der Waals surface area contributed by atoms with Gasteiger partial charge in [-0.25, -0.2) is 0 Å². The van der Waals surface area contributed by atoms with Crippen molar-refractivity contribution in [3.8, 4) is 0 Å². The Labute approximate surface area is 115 Å². The molecule has 1 aromatic heterocycles. The van der Waals surface area contributed by atoms with Crippen LogP contribution in [-0.2, 0) is 10.3 Å². The summed E-state index contributed by atoms with van der Waals surface area (Å²) in [6, 6.07) is 0.252. The Hall–Kier alpha value is -0.940. The van der Waals surface area contributed by atoms with E-state index in [0.29, 0.717) is 11.7 Å². The van der Waals surface area contributed by atoms with Crippen LogP contribution in [0.5, 0.6) is 0 Å². The van der Waals surface area contributed by atoms with Gasteiger partial charge in [0.1, 0.15) is 5.60 Å². The monoisotopic (exact) mass is 269 g/mol. The van der Waals surface area contributed by atoms with Crippen LogP contribution in [0.15, 0.2) is 4.52 Å². The average Bonchev–Trinajstić information content (AvgIpc) is 2.87. The van der Waals surface area contributed by atoms with Crippen molar-refractivity contribution in [3.63, 3.8) is 0 Å². The number of methoxy groups -OCH3 is 1. The molecule has 0 aliphatic heterocycles. The van der Waals surface area contributed by atoms with E-state index in [1.807, 2.05) is 20.8 Å². The quantitative estimate of drug-likeness (QED) is 0.785. The van der Waals surface area contributed by atoms with Gasteiger partial charge >= 0.3 is 0 Å². The SMILES string of the molecule is CCC(C)(OC)c1noc(C(C)CCCC(C)N)n1. The van der Waals surface area contributed by atoms with Crippen LogP contribution < -0.4 is 5.73 Å². The summed E-state index contributed by atoms with van der Waals surface area (Å²) >= 11 is 0. The van der Waals surface area contributed by atoms with Crippen LogP contribution in [0.3, 0.4) is 0 Å². The highest BCUT2D eigenvalue weighted by Crippen LogP contribution is 2.28. The second-order valence-electron chi connectivity index (χ2n) is 5.55. The van der Waals surface area contributed by atoms with Gasteiger partial charge in [0, 0.05) is 19.1 Å². The second kappa shape index (κ2) is 7.01. The van der Waals surface area contributed by atoms with E-state index in [1.54, 1.807) is 7.11 Å². The molecule has 1 heterocycles. The van der Waals surface area contributed by atoms with E-state index in [0.717, 1.165) is 25.7 Å². The van der Waals surface area contributed by atoms with Crippen LogP contribution in [0, 0.1) is 0 Å². The summed E-state index contributed by atoms with van der Waals surface area (Å²) in [5, 5.41) is 4.06. The van der Waals surface area contributed by atoms with Crippen molar-refractivity contribution < 1.29 is 9.26 Å². The van der Waals surface area contributed by atoms with E-state index in [-0.39, 0.29) is 12.0 Å².